The summed E-state index contributed by atoms with van der Waals surface area (Å²) in [5, 5.41) is 16.7. The van der Waals surface area contributed by atoms with Gasteiger partial charge < -0.3 is 19.7 Å². The van der Waals surface area contributed by atoms with Crippen molar-refractivity contribution in [1.82, 2.24) is 10.5 Å². The highest BCUT2D eigenvalue weighted by Crippen LogP contribution is 2.28. The van der Waals surface area contributed by atoms with E-state index < -0.39 is 0 Å². The first-order valence-electron chi connectivity index (χ1n) is 6.12. The SMILES string of the molecule is COc1cc(C(C)NCc2cc(C)no2)ccc1O. The smallest absolute Gasteiger partial charge is 0.160 e. The van der Waals surface area contributed by atoms with Gasteiger partial charge in [-0.3, -0.25) is 0 Å². The van der Waals surface area contributed by atoms with Gasteiger partial charge >= 0.3 is 0 Å². The fraction of sp³-hybridized carbons (Fsp3) is 0.357. The molecule has 2 N–H and O–H groups in total. The number of aromatic hydroxyl groups is 1. The Morgan fingerprint density at radius 1 is 1.42 bits per heavy atom. The van der Waals surface area contributed by atoms with Crippen molar-refractivity contribution in [1.29, 1.82) is 0 Å². The molecule has 0 spiro atoms. The van der Waals surface area contributed by atoms with Gasteiger partial charge in [-0.25, -0.2) is 0 Å². The minimum Gasteiger partial charge on any atom is -0.504 e. The van der Waals surface area contributed by atoms with E-state index in [9.17, 15) is 5.11 Å². The second kappa shape index (κ2) is 5.75. The lowest BCUT2D eigenvalue weighted by atomic mass is 10.1. The van der Waals surface area contributed by atoms with E-state index in [2.05, 4.69) is 10.5 Å². The summed E-state index contributed by atoms with van der Waals surface area (Å²) in [6.45, 7) is 4.53. The molecule has 1 heterocycles. The van der Waals surface area contributed by atoms with Crippen molar-refractivity contribution in [2.75, 3.05) is 7.11 Å². The van der Waals surface area contributed by atoms with Gasteiger partial charge in [-0.05, 0) is 31.5 Å². The average Bonchev–Trinajstić information content (AvgIpc) is 2.82. The van der Waals surface area contributed by atoms with Crippen LogP contribution in [0.1, 0.15) is 30.0 Å². The maximum atomic E-state index is 9.56. The number of benzene rings is 1. The molecule has 0 saturated heterocycles. The molecule has 5 heteroatoms. The van der Waals surface area contributed by atoms with Crippen LogP contribution in [0.2, 0.25) is 0 Å². The predicted molar refractivity (Wildman–Crippen MR) is 71.2 cm³/mol. The molecule has 1 aromatic carbocycles. The lowest BCUT2D eigenvalue weighted by Crippen LogP contribution is -2.17. The number of methoxy groups -OCH3 is 1. The summed E-state index contributed by atoms with van der Waals surface area (Å²) in [6.07, 6.45) is 0. The number of aryl methyl sites for hydroxylation is 1. The van der Waals surface area contributed by atoms with Gasteiger partial charge in [-0.2, -0.15) is 0 Å². The van der Waals surface area contributed by atoms with Gasteiger partial charge in [0.1, 0.15) is 0 Å². The van der Waals surface area contributed by atoms with E-state index in [1.165, 1.54) is 7.11 Å². The summed E-state index contributed by atoms with van der Waals surface area (Å²) >= 11 is 0. The van der Waals surface area contributed by atoms with Gasteiger partial charge in [-0.15, -0.1) is 0 Å². The van der Waals surface area contributed by atoms with Crippen LogP contribution in [0.5, 0.6) is 11.5 Å². The van der Waals surface area contributed by atoms with Gasteiger partial charge in [0.05, 0.1) is 19.3 Å². The van der Waals surface area contributed by atoms with Crippen LogP contribution in [0.4, 0.5) is 0 Å². The van der Waals surface area contributed by atoms with E-state index >= 15 is 0 Å². The lowest BCUT2D eigenvalue weighted by Gasteiger charge is -2.14. The molecule has 2 aromatic rings. The summed E-state index contributed by atoms with van der Waals surface area (Å²) in [7, 11) is 1.54. The van der Waals surface area contributed by atoms with Crippen molar-refractivity contribution >= 4 is 0 Å². The third-order valence-corrected chi connectivity index (χ3v) is 2.96. The zero-order valence-electron chi connectivity index (χ0n) is 11.3. The molecule has 0 aliphatic carbocycles. The highest BCUT2D eigenvalue weighted by Gasteiger charge is 2.10. The molecule has 1 unspecified atom stereocenters. The second-order valence-corrected chi connectivity index (χ2v) is 4.47. The minimum absolute atomic E-state index is 0.111. The molecule has 19 heavy (non-hydrogen) atoms. The first-order valence-corrected chi connectivity index (χ1v) is 6.12. The van der Waals surface area contributed by atoms with Crippen LogP contribution in [-0.2, 0) is 6.54 Å². The number of nitrogens with one attached hydrogen (secondary N) is 1. The first kappa shape index (κ1) is 13.4. The van der Waals surface area contributed by atoms with Crippen LogP contribution in [0.3, 0.4) is 0 Å². The van der Waals surface area contributed by atoms with Gasteiger partial charge in [0.15, 0.2) is 17.3 Å². The quantitative estimate of drug-likeness (QED) is 0.866. The zero-order valence-corrected chi connectivity index (χ0v) is 11.3. The number of phenolic OH excluding ortho intramolecular Hbond substituents is 1. The lowest BCUT2D eigenvalue weighted by molar-refractivity contribution is 0.361. The Balaban J connectivity index is 2.01. The average molecular weight is 262 g/mol. The first-order chi connectivity index (χ1) is 9.10. The molecular formula is C14H18N2O3. The molecule has 0 amide bonds. The molecule has 0 aliphatic rings. The Morgan fingerprint density at radius 2 is 2.21 bits per heavy atom. The molecule has 0 saturated carbocycles. The third-order valence-electron chi connectivity index (χ3n) is 2.96. The molecule has 0 bridgehead atoms. The molecule has 0 fully saturated rings. The minimum atomic E-state index is 0.111. The third kappa shape index (κ3) is 3.26. The van der Waals surface area contributed by atoms with E-state index in [4.69, 9.17) is 9.26 Å². The highest BCUT2D eigenvalue weighted by molar-refractivity contribution is 5.42. The second-order valence-electron chi connectivity index (χ2n) is 4.47. The summed E-state index contributed by atoms with van der Waals surface area (Å²) in [5.41, 5.74) is 1.90. The van der Waals surface area contributed by atoms with Crippen molar-refractivity contribution in [2.24, 2.45) is 0 Å². The Bertz CT molecular complexity index is 551. The van der Waals surface area contributed by atoms with E-state index in [0.29, 0.717) is 12.3 Å². The number of phenols is 1. The maximum Gasteiger partial charge on any atom is 0.160 e. The van der Waals surface area contributed by atoms with Crippen LogP contribution in [0, 0.1) is 6.92 Å². The topological polar surface area (TPSA) is 67.5 Å². The number of hydrogen-bond donors (Lipinski definition) is 2. The monoisotopic (exact) mass is 262 g/mol. The standard InChI is InChI=1S/C14H18N2O3/c1-9-6-12(19-16-9)8-15-10(2)11-4-5-13(17)14(7-11)18-3/h4-7,10,15,17H,8H2,1-3H3. The van der Waals surface area contributed by atoms with Gasteiger partial charge in [0, 0.05) is 12.1 Å². The van der Waals surface area contributed by atoms with E-state index in [1.807, 2.05) is 32.0 Å². The molecule has 2 rings (SSSR count). The summed E-state index contributed by atoms with van der Waals surface area (Å²) in [6, 6.07) is 7.32. The molecule has 1 atom stereocenters. The molecule has 1 aromatic heterocycles. The molecule has 0 radical (unpaired) electrons. The Labute approximate surface area is 112 Å². The van der Waals surface area contributed by atoms with Crippen LogP contribution < -0.4 is 10.1 Å². The Hall–Kier alpha value is -2.01. The number of rotatable bonds is 5. The fourth-order valence-corrected chi connectivity index (χ4v) is 1.83. The van der Waals surface area contributed by atoms with E-state index in [0.717, 1.165) is 17.0 Å². The maximum absolute atomic E-state index is 9.56. The number of nitrogens with zero attached hydrogens (tertiary/aromatic N) is 1. The van der Waals surface area contributed by atoms with Gasteiger partial charge in [0.2, 0.25) is 0 Å². The van der Waals surface area contributed by atoms with Crippen molar-refractivity contribution < 1.29 is 14.4 Å². The highest BCUT2D eigenvalue weighted by atomic mass is 16.5. The van der Waals surface area contributed by atoms with Crippen LogP contribution in [-0.4, -0.2) is 17.4 Å². The normalized spacial score (nSPS) is 12.4. The predicted octanol–water partition coefficient (Wildman–Crippen LogP) is 2.55. The van der Waals surface area contributed by atoms with Crippen molar-refractivity contribution in [2.45, 2.75) is 26.4 Å². The molecule has 5 nitrogen and oxygen atoms in total. The largest absolute Gasteiger partial charge is 0.504 e. The van der Waals surface area contributed by atoms with Gasteiger partial charge in [-0.1, -0.05) is 11.2 Å². The van der Waals surface area contributed by atoms with E-state index in [1.54, 1.807) is 6.07 Å². The zero-order chi connectivity index (χ0) is 13.8. The number of aromatic nitrogens is 1. The summed E-state index contributed by atoms with van der Waals surface area (Å²) in [4.78, 5) is 0. The van der Waals surface area contributed by atoms with Crippen molar-refractivity contribution in [3.05, 3.63) is 41.3 Å². The number of ether oxygens (including phenoxy) is 1. The Morgan fingerprint density at radius 3 is 2.84 bits per heavy atom. The summed E-state index contributed by atoms with van der Waals surface area (Å²) < 4.78 is 10.2. The summed E-state index contributed by atoms with van der Waals surface area (Å²) in [5.74, 6) is 1.42. The van der Waals surface area contributed by atoms with Crippen LogP contribution >= 0.6 is 0 Å². The van der Waals surface area contributed by atoms with E-state index in [-0.39, 0.29) is 11.8 Å². The van der Waals surface area contributed by atoms with Crippen molar-refractivity contribution in [3.63, 3.8) is 0 Å². The molecule has 0 aliphatic heterocycles. The van der Waals surface area contributed by atoms with Gasteiger partial charge in [0.25, 0.3) is 0 Å². The van der Waals surface area contributed by atoms with Crippen LogP contribution in [0.25, 0.3) is 0 Å². The van der Waals surface area contributed by atoms with Crippen LogP contribution in [0.15, 0.2) is 28.8 Å². The fourth-order valence-electron chi connectivity index (χ4n) is 1.83. The number of hydrogen-bond acceptors (Lipinski definition) is 5. The van der Waals surface area contributed by atoms with Crippen molar-refractivity contribution in [3.8, 4) is 11.5 Å². The molecular weight excluding hydrogens is 244 g/mol. The molecule has 102 valence electrons. The Kier molecular flexibility index (Phi) is 4.06.